The van der Waals surface area contributed by atoms with Gasteiger partial charge in [-0.1, -0.05) is 49.2 Å². The Bertz CT molecular complexity index is 582. The Morgan fingerprint density at radius 3 is 2.72 bits per heavy atom. The average Bonchev–Trinajstić information content (AvgIpc) is 2.46. The van der Waals surface area contributed by atoms with Gasteiger partial charge in [-0.05, 0) is 59.4 Å². The Morgan fingerprint density at radius 1 is 0.833 bits per heavy atom. The first-order valence-corrected chi connectivity index (χ1v) is 7.44. The molecule has 1 saturated carbocycles. The summed E-state index contributed by atoms with van der Waals surface area (Å²) in [6.07, 6.45) is 8.52. The van der Waals surface area contributed by atoms with Gasteiger partial charge in [0.25, 0.3) is 0 Å². The van der Waals surface area contributed by atoms with Crippen LogP contribution in [-0.4, -0.2) is 0 Å². The summed E-state index contributed by atoms with van der Waals surface area (Å²) in [7, 11) is 0. The molecule has 92 valence electrons. The molecule has 2 aromatic carbocycles. The van der Waals surface area contributed by atoms with Crippen LogP contribution in [0, 0.1) is 5.92 Å². The van der Waals surface area contributed by atoms with Gasteiger partial charge < -0.3 is 0 Å². The number of benzene rings is 2. The molecule has 4 rings (SSSR count). The van der Waals surface area contributed by atoms with E-state index in [1.54, 1.807) is 11.1 Å². The van der Waals surface area contributed by atoms with Crippen molar-refractivity contribution in [2.45, 2.75) is 44.4 Å². The molecular weight excluding hydrogens is 216 g/mol. The molecule has 0 bridgehead atoms. The number of hydrogen-bond donors (Lipinski definition) is 0. The maximum absolute atomic E-state index is 2.43. The SMILES string of the molecule is c1ccc2c3c(ccc2c1)C1CCCCC1CC3. The highest BCUT2D eigenvalue weighted by atomic mass is 14.4. The Hall–Kier alpha value is -1.30. The Labute approximate surface area is 109 Å². The summed E-state index contributed by atoms with van der Waals surface area (Å²) in [6.45, 7) is 0. The maximum atomic E-state index is 2.43. The highest BCUT2D eigenvalue weighted by Crippen LogP contribution is 2.46. The molecule has 0 amide bonds. The van der Waals surface area contributed by atoms with Gasteiger partial charge in [0.15, 0.2) is 0 Å². The lowest BCUT2D eigenvalue weighted by atomic mass is 9.67. The van der Waals surface area contributed by atoms with Gasteiger partial charge >= 0.3 is 0 Å². The number of aryl methyl sites for hydroxylation is 1. The molecule has 2 aliphatic carbocycles. The predicted octanol–water partition coefficient (Wildman–Crippen LogP) is 5.06. The summed E-state index contributed by atoms with van der Waals surface area (Å²) in [5.41, 5.74) is 3.35. The molecule has 2 aliphatic rings. The van der Waals surface area contributed by atoms with Gasteiger partial charge in [0.2, 0.25) is 0 Å². The Morgan fingerprint density at radius 2 is 1.72 bits per heavy atom. The summed E-state index contributed by atoms with van der Waals surface area (Å²) in [4.78, 5) is 0. The summed E-state index contributed by atoms with van der Waals surface area (Å²) >= 11 is 0. The molecule has 0 saturated heterocycles. The zero-order chi connectivity index (χ0) is 11.9. The smallest absolute Gasteiger partial charge is 0.0131 e. The lowest BCUT2D eigenvalue weighted by Crippen LogP contribution is -2.24. The third-order valence-corrected chi connectivity index (χ3v) is 5.15. The topological polar surface area (TPSA) is 0 Å². The summed E-state index contributed by atoms with van der Waals surface area (Å²) < 4.78 is 0. The van der Waals surface area contributed by atoms with Crippen LogP contribution in [0.15, 0.2) is 36.4 Å². The Balaban J connectivity index is 1.90. The molecule has 0 nitrogen and oxygen atoms in total. The first-order valence-electron chi connectivity index (χ1n) is 7.44. The van der Waals surface area contributed by atoms with Crippen LogP contribution in [0.3, 0.4) is 0 Å². The van der Waals surface area contributed by atoms with Gasteiger partial charge in [-0.2, -0.15) is 0 Å². The van der Waals surface area contributed by atoms with E-state index in [1.807, 2.05) is 0 Å². The molecular formula is C18H20. The van der Waals surface area contributed by atoms with Crippen LogP contribution >= 0.6 is 0 Å². The van der Waals surface area contributed by atoms with Gasteiger partial charge in [0, 0.05) is 0 Å². The third-order valence-electron chi connectivity index (χ3n) is 5.15. The predicted molar refractivity (Wildman–Crippen MR) is 77.0 cm³/mol. The van der Waals surface area contributed by atoms with Crippen molar-refractivity contribution in [3.63, 3.8) is 0 Å². The van der Waals surface area contributed by atoms with Crippen molar-refractivity contribution in [2.24, 2.45) is 5.92 Å². The highest BCUT2D eigenvalue weighted by Gasteiger charge is 2.31. The molecule has 0 aromatic heterocycles. The summed E-state index contributed by atoms with van der Waals surface area (Å²) in [5, 5.41) is 2.93. The summed E-state index contributed by atoms with van der Waals surface area (Å²) in [5.74, 6) is 1.85. The lowest BCUT2D eigenvalue weighted by Gasteiger charge is -2.37. The molecule has 0 radical (unpaired) electrons. The monoisotopic (exact) mass is 236 g/mol. The standard InChI is InChI=1S/C18H20/c1-3-7-15-13(5-1)9-11-18-16-8-4-2-6-14(16)10-12-17(15)18/h1,3,5,7,9,11,14,16H,2,4,6,8,10,12H2. The van der Waals surface area contributed by atoms with E-state index in [0.717, 1.165) is 11.8 Å². The molecule has 0 heterocycles. The fourth-order valence-electron chi connectivity index (χ4n) is 4.27. The minimum atomic E-state index is 0.868. The normalized spacial score (nSPS) is 26.7. The lowest BCUT2D eigenvalue weighted by molar-refractivity contribution is 0.276. The van der Waals surface area contributed by atoms with Crippen LogP contribution in [0.5, 0.6) is 0 Å². The van der Waals surface area contributed by atoms with Crippen molar-refractivity contribution in [2.75, 3.05) is 0 Å². The molecule has 2 atom stereocenters. The van der Waals surface area contributed by atoms with Crippen molar-refractivity contribution < 1.29 is 0 Å². The van der Waals surface area contributed by atoms with E-state index in [0.29, 0.717) is 0 Å². The second-order valence-electron chi connectivity index (χ2n) is 6.04. The van der Waals surface area contributed by atoms with Crippen LogP contribution < -0.4 is 0 Å². The van der Waals surface area contributed by atoms with E-state index in [1.165, 1.54) is 49.3 Å². The summed E-state index contributed by atoms with van der Waals surface area (Å²) in [6, 6.07) is 13.7. The van der Waals surface area contributed by atoms with E-state index in [2.05, 4.69) is 36.4 Å². The molecule has 2 unspecified atom stereocenters. The van der Waals surface area contributed by atoms with Gasteiger partial charge in [-0.15, -0.1) is 0 Å². The van der Waals surface area contributed by atoms with E-state index < -0.39 is 0 Å². The largest absolute Gasteiger partial charge is 0.0616 e. The molecule has 0 aliphatic heterocycles. The fraction of sp³-hybridized carbons (Fsp3) is 0.444. The number of rotatable bonds is 0. The zero-order valence-electron chi connectivity index (χ0n) is 10.9. The van der Waals surface area contributed by atoms with E-state index >= 15 is 0 Å². The van der Waals surface area contributed by atoms with Crippen molar-refractivity contribution in [3.05, 3.63) is 47.5 Å². The van der Waals surface area contributed by atoms with Crippen LogP contribution in [0.1, 0.15) is 49.1 Å². The van der Waals surface area contributed by atoms with Crippen LogP contribution in [0.25, 0.3) is 10.8 Å². The van der Waals surface area contributed by atoms with Crippen molar-refractivity contribution in [1.29, 1.82) is 0 Å². The van der Waals surface area contributed by atoms with E-state index in [-0.39, 0.29) is 0 Å². The minimum absolute atomic E-state index is 0.868. The number of fused-ring (bicyclic) bond motifs is 5. The maximum Gasteiger partial charge on any atom is -0.0131 e. The minimum Gasteiger partial charge on any atom is -0.0616 e. The quantitative estimate of drug-likeness (QED) is 0.599. The van der Waals surface area contributed by atoms with Crippen molar-refractivity contribution >= 4 is 10.8 Å². The zero-order valence-corrected chi connectivity index (χ0v) is 10.9. The van der Waals surface area contributed by atoms with Crippen LogP contribution in [0.4, 0.5) is 0 Å². The van der Waals surface area contributed by atoms with Gasteiger partial charge in [-0.25, -0.2) is 0 Å². The molecule has 2 aromatic rings. The fourth-order valence-corrected chi connectivity index (χ4v) is 4.27. The third kappa shape index (κ3) is 1.51. The first-order chi connectivity index (χ1) is 8.93. The van der Waals surface area contributed by atoms with Gasteiger partial charge in [-0.3, -0.25) is 0 Å². The first kappa shape index (κ1) is 10.6. The second kappa shape index (κ2) is 4.12. The van der Waals surface area contributed by atoms with Crippen LogP contribution in [-0.2, 0) is 6.42 Å². The number of hydrogen-bond acceptors (Lipinski definition) is 0. The Kier molecular flexibility index (Phi) is 2.43. The van der Waals surface area contributed by atoms with E-state index in [9.17, 15) is 0 Å². The van der Waals surface area contributed by atoms with Crippen molar-refractivity contribution in [3.8, 4) is 0 Å². The molecule has 0 spiro atoms. The van der Waals surface area contributed by atoms with Gasteiger partial charge in [0.05, 0.1) is 0 Å². The molecule has 0 heteroatoms. The van der Waals surface area contributed by atoms with Gasteiger partial charge in [0.1, 0.15) is 0 Å². The average molecular weight is 236 g/mol. The highest BCUT2D eigenvalue weighted by molar-refractivity contribution is 5.87. The van der Waals surface area contributed by atoms with E-state index in [4.69, 9.17) is 0 Å². The molecule has 18 heavy (non-hydrogen) atoms. The molecule has 1 fully saturated rings. The second-order valence-corrected chi connectivity index (χ2v) is 6.04. The van der Waals surface area contributed by atoms with Crippen molar-refractivity contribution in [1.82, 2.24) is 0 Å². The molecule has 0 N–H and O–H groups in total. The van der Waals surface area contributed by atoms with Crippen LogP contribution in [0.2, 0.25) is 0 Å².